The molecule has 0 radical (unpaired) electrons. The molecule has 6 heteroatoms. The summed E-state index contributed by atoms with van der Waals surface area (Å²) < 4.78 is 55.1. The molecular weight excluding hydrogens is 357 g/mol. The van der Waals surface area contributed by atoms with Crippen LogP contribution in [0, 0.1) is 5.82 Å². The summed E-state index contributed by atoms with van der Waals surface area (Å²) in [4.78, 5) is 0. The molecule has 0 saturated carbocycles. The highest BCUT2D eigenvalue weighted by molar-refractivity contribution is 5.90. The smallest absolute Gasteiger partial charge is 0.387 e. The highest BCUT2D eigenvalue weighted by atomic mass is 19.3. The number of halogens is 3. The Labute approximate surface area is 154 Å². The van der Waals surface area contributed by atoms with Crippen molar-refractivity contribution in [1.82, 2.24) is 0 Å². The van der Waals surface area contributed by atoms with Crippen molar-refractivity contribution in [2.45, 2.75) is 6.61 Å². The zero-order valence-electron chi connectivity index (χ0n) is 14.5. The lowest BCUT2D eigenvalue weighted by molar-refractivity contribution is -0.0515. The molecule has 140 valence electrons. The van der Waals surface area contributed by atoms with Crippen molar-refractivity contribution < 1.29 is 27.4 Å². The van der Waals surface area contributed by atoms with Gasteiger partial charge in [0.25, 0.3) is 0 Å². The van der Waals surface area contributed by atoms with Crippen LogP contribution in [0.5, 0.6) is 17.2 Å². The Morgan fingerprint density at radius 2 is 1.74 bits per heavy atom. The maximum atomic E-state index is 14.8. The highest BCUT2D eigenvalue weighted by Gasteiger charge is 2.19. The van der Waals surface area contributed by atoms with Gasteiger partial charge >= 0.3 is 6.61 Å². The molecule has 0 N–H and O–H groups in total. The third-order valence-corrected chi connectivity index (χ3v) is 3.98. The summed E-state index contributed by atoms with van der Waals surface area (Å²) in [6.07, 6.45) is 1.39. The summed E-state index contributed by atoms with van der Waals surface area (Å²) >= 11 is 0. The van der Waals surface area contributed by atoms with Crippen molar-refractivity contribution in [2.75, 3.05) is 13.7 Å². The number of hydrogen-bond acceptors (Lipinski definition) is 3. The topological polar surface area (TPSA) is 27.7 Å². The van der Waals surface area contributed by atoms with E-state index in [4.69, 9.17) is 9.47 Å². The van der Waals surface area contributed by atoms with Gasteiger partial charge in [0.05, 0.1) is 7.11 Å². The van der Waals surface area contributed by atoms with Gasteiger partial charge in [0, 0.05) is 5.39 Å². The van der Waals surface area contributed by atoms with E-state index in [9.17, 15) is 13.2 Å². The molecule has 0 aliphatic carbocycles. The van der Waals surface area contributed by atoms with Crippen molar-refractivity contribution >= 4 is 10.8 Å². The van der Waals surface area contributed by atoms with Gasteiger partial charge in [0.15, 0.2) is 17.3 Å². The summed E-state index contributed by atoms with van der Waals surface area (Å²) in [7, 11) is 1.57. The van der Waals surface area contributed by atoms with Gasteiger partial charge in [-0.25, -0.2) is 4.39 Å². The van der Waals surface area contributed by atoms with Crippen LogP contribution in [-0.4, -0.2) is 20.3 Å². The number of ether oxygens (including phenoxy) is 3. The summed E-state index contributed by atoms with van der Waals surface area (Å²) in [5.74, 6) is -0.767. The molecule has 3 nitrogen and oxygen atoms in total. The number of hydrogen-bond donors (Lipinski definition) is 0. The minimum atomic E-state index is -3.10. The zero-order valence-corrected chi connectivity index (χ0v) is 14.5. The lowest BCUT2D eigenvalue weighted by Crippen LogP contribution is -2.06. The lowest BCUT2D eigenvalue weighted by Gasteiger charge is -2.15. The Kier molecular flexibility index (Phi) is 5.54. The first kappa shape index (κ1) is 18.6. The maximum Gasteiger partial charge on any atom is 0.387 e. The van der Waals surface area contributed by atoms with Crippen LogP contribution < -0.4 is 14.2 Å². The largest absolute Gasteiger partial charge is 0.497 e. The van der Waals surface area contributed by atoms with Gasteiger partial charge in [-0.1, -0.05) is 36.9 Å². The number of methoxy groups -OCH3 is 1. The summed E-state index contributed by atoms with van der Waals surface area (Å²) in [5, 5.41) is 0.662. The van der Waals surface area contributed by atoms with E-state index < -0.39 is 12.4 Å². The molecule has 27 heavy (non-hydrogen) atoms. The third-order valence-electron chi connectivity index (χ3n) is 3.98. The molecule has 3 aromatic rings. The van der Waals surface area contributed by atoms with Crippen LogP contribution in [0.1, 0.15) is 0 Å². The number of alkyl halides is 2. The van der Waals surface area contributed by atoms with E-state index in [1.54, 1.807) is 37.4 Å². The Bertz CT molecular complexity index is 953. The first-order valence-corrected chi connectivity index (χ1v) is 8.12. The van der Waals surface area contributed by atoms with Crippen LogP contribution in [0.4, 0.5) is 13.2 Å². The predicted octanol–water partition coefficient (Wildman–Crippen LogP) is 5.82. The van der Waals surface area contributed by atoms with Crippen molar-refractivity contribution in [2.24, 2.45) is 0 Å². The molecular formula is C21H17F3O3. The van der Waals surface area contributed by atoms with E-state index in [2.05, 4.69) is 11.3 Å². The van der Waals surface area contributed by atoms with E-state index in [-0.39, 0.29) is 23.5 Å². The molecule has 0 aromatic heterocycles. The van der Waals surface area contributed by atoms with Gasteiger partial charge < -0.3 is 14.2 Å². The standard InChI is InChI=1S/C21H17F3O3/c1-3-10-26-20-18(27-21(23)24)12-15-11-14(6-9-17(15)19(20)22)13-4-7-16(25-2)8-5-13/h3-9,11-12,21H,1,10H2,2H3. The second kappa shape index (κ2) is 8.03. The van der Waals surface area contributed by atoms with E-state index >= 15 is 0 Å². The molecule has 0 fully saturated rings. The van der Waals surface area contributed by atoms with E-state index in [1.165, 1.54) is 12.1 Å². The molecule has 3 rings (SSSR count). The summed E-state index contributed by atoms with van der Waals surface area (Å²) in [5.41, 5.74) is 1.67. The van der Waals surface area contributed by atoms with Gasteiger partial charge in [-0.3, -0.25) is 0 Å². The fraction of sp³-hybridized carbons (Fsp3) is 0.143. The quantitative estimate of drug-likeness (QED) is 0.488. The fourth-order valence-corrected chi connectivity index (χ4v) is 2.74. The number of rotatable bonds is 7. The predicted molar refractivity (Wildman–Crippen MR) is 98.2 cm³/mol. The average molecular weight is 374 g/mol. The Morgan fingerprint density at radius 3 is 2.37 bits per heavy atom. The van der Waals surface area contributed by atoms with Gasteiger partial charge in [-0.05, 0) is 40.8 Å². The molecule has 0 aliphatic heterocycles. The monoisotopic (exact) mass is 374 g/mol. The fourth-order valence-electron chi connectivity index (χ4n) is 2.74. The van der Waals surface area contributed by atoms with Crippen molar-refractivity contribution in [3.8, 4) is 28.4 Å². The second-order valence-corrected chi connectivity index (χ2v) is 5.66. The van der Waals surface area contributed by atoms with Crippen molar-refractivity contribution in [1.29, 1.82) is 0 Å². The zero-order chi connectivity index (χ0) is 19.4. The average Bonchev–Trinajstić information content (AvgIpc) is 2.67. The Hall–Kier alpha value is -3.15. The third kappa shape index (κ3) is 4.00. The normalized spacial score (nSPS) is 10.9. The van der Waals surface area contributed by atoms with Crippen LogP contribution in [0.25, 0.3) is 21.9 Å². The van der Waals surface area contributed by atoms with Crippen molar-refractivity contribution in [3.63, 3.8) is 0 Å². The highest BCUT2D eigenvalue weighted by Crippen LogP contribution is 2.39. The molecule has 0 spiro atoms. The van der Waals surface area contributed by atoms with Gasteiger partial charge in [0.2, 0.25) is 0 Å². The first-order chi connectivity index (χ1) is 13.0. The Balaban J connectivity index is 2.10. The van der Waals surface area contributed by atoms with E-state index in [0.717, 1.165) is 11.1 Å². The van der Waals surface area contributed by atoms with Gasteiger partial charge in [0.1, 0.15) is 12.4 Å². The van der Waals surface area contributed by atoms with Gasteiger partial charge in [-0.2, -0.15) is 8.78 Å². The summed E-state index contributed by atoms with van der Waals surface area (Å²) in [6.45, 7) is 0.335. The van der Waals surface area contributed by atoms with Crippen LogP contribution in [0.15, 0.2) is 61.2 Å². The number of fused-ring (bicyclic) bond motifs is 1. The minimum Gasteiger partial charge on any atom is -0.497 e. The van der Waals surface area contributed by atoms with Crippen LogP contribution in [0.3, 0.4) is 0 Å². The molecule has 0 aliphatic rings. The number of benzene rings is 3. The minimum absolute atomic E-state index is 0.0358. The SMILES string of the molecule is C=CCOc1c(OC(F)F)cc2cc(-c3ccc(OC)cc3)ccc2c1F. The Morgan fingerprint density at radius 1 is 1.04 bits per heavy atom. The first-order valence-electron chi connectivity index (χ1n) is 8.12. The molecule has 0 bridgehead atoms. The van der Waals surface area contributed by atoms with Crippen LogP contribution in [-0.2, 0) is 0 Å². The second-order valence-electron chi connectivity index (χ2n) is 5.66. The van der Waals surface area contributed by atoms with E-state index in [0.29, 0.717) is 11.1 Å². The molecule has 0 heterocycles. The molecule has 0 amide bonds. The van der Waals surface area contributed by atoms with Crippen LogP contribution >= 0.6 is 0 Å². The van der Waals surface area contributed by atoms with E-state index in [1.807, 2.05) is 12.1 Å². The molecule has 3 aromatic carbocycles. The summed E-state index contributed by atoms with van der Waals surface area (Å²) in [6, 6.07) is 13.7. The maximum absolute atomic E-state index is 14.8. The molecule has 0 unspecified atom stereocenters. The lowest BCUT2D eigenvalue weighted by atomic mass is 10.0. The van der Waals surface area contributed by atoms with Crippen LogP contribution in [0.2, 0.25) is 0 Å². The van der Waals surface area contributed by atoms with Crippen molar-refractivity contribution in [3.05, 3.63) is 67.0 Å². The molecule has 0 saturated heterocycles. The van der Waals surface area contributed by atoms with Gasteiger partial charge in [-0.15, -0.1) is 0 Å². The molecule has 0 atom stereocenters.